The predicted octanol–water partition coefficient (Wildman–Crippen LogP) is 4.44. The Morgan fingerprint density at radius 1 is 1.16 bits per heavy atom. The zero-order valence-corrected chi connectivity index (χ0v) is 21.1. The number of ether oxygens (including phenoxy) is 1. The fourth-order valence-corrected chi connectivity index (χ4v) is 4.14. The molecular formula is C25H24Cl2FN5O4. The molecule has 0 atom stereocenters. The van der Waals surface area contributed by atoms with Crippen LogP contribution in [0.5, 0.6) is 17.2 Å². The summed E-state index contributed by atoms with van der Waals surface area (Å²) in [7, 11) is 0. The van der Waals surface area contributed by atoms with Crippen molar-refractivity contribution in [3.05, 3.63) is 75.7 Å². The number of hydrogen-bond acceptors (Lipinski definition) is 6. The molecule has 0 radical (unpaired) electrons. The number of urea groups is 1. The second-order valence-corrected chi connectivity index (χ2v) is 8.88. The van der Waals surface area contributed by atoms with Crippen LogP contribution < -0.4 is 20.7 Å². The number of aromatic nitrogens is 1. The summed E-state index contributed by atoms with van der Waals surface area (Å²) in [4.78, 5) is 29.6. The van der Waals surface area contributed by atoms with Crippen LogP contribution in [0.4, 0.5) is 15.0 Å². The monoisotopic (exact) mass is 547 g/mol. The summed E-state index contributed by atoms with van der Waals surface area (Å²) in [6.07, 6.45) is 0.614. The highest BCUT2D eigenvalue weighted by molar-refractivity contribution is 6.38. The standard InChI is InChI=1S/C25H24Cl2FN5O4/c26-19-21(20(27)23(32-22(19)28)29-10-12-33-13-11-31-25(33)36)37-16-6-7-18(34)17(14-16)24(35)30-9-8-15-4-2-1-3-5-15/h1-7,14,34H,8-13H2,(H,29,32)(H,30,35)(H,31,36). The maximum Gasteiger partial charge on any atom is 0.317 e. The molecule has 1 aliphatic rings. The van der Waals surface area contributed by atoms with Gasteiger partial charge in [0, 0.05) is 32.7 Å². The lowest BCUT2D eigenvalue weighted by Gasteiger charge is -2.17. The molecule has 0 bridgehead atoms. The van der Waals surface area contributed by atoms with Crippen molar-refractivity contribution in [2.24, 2.45) is 0 Å². The number of anilines is 1. The normalized spacial score (nSPS) is 12.8. The second-order valence-electron chi connectivity index (χ2n) is 8.13. The SMILES string of the molecule is O=C(NCCc1ccccc1)c1cc(Oc2c(Cl)c(F)nc(NCCN3CCNC3=O)c2Cl)ccc1O. The van der Waals surface area contributed by atoms with Crippen LogP contribution in [0, 0.1) is 5.95 Å². The molecule has 37 heavy (non-hydrogen) atoms. The van der Waals surface area contributed by atoms with Crippen LogP contribution in [-0.2, 0) is 6.42 Å². The zero-order valence-electron chi connectivity index (χ0n) is 19.6. The van der Waals surface area contributed by atoms with Crippen LogP contribution in [0.15, 0.2) is 48.5 Å². The van der Waals surface area contributed by atoms with Gasteiger partial charge >= 0.3 is 6.03 Å². The van der Waals surface area contributed by atoms with Crippen LogP contribution in [-0.4, -0.2) is 59.7 Å². The number of pyridine rings is 1. The Bertz CT molecular complexity index is 1300. The first kappa shape index (κ1) is 26.3. The number of hydrogen-bond donors (Lipinski definition) is 4. The van der Waals surface area contributed by atoms with Gasteiger partial charge in [-0.25, -0.2) is 4.79 Å². The third kappa shape index (κ3) is 6.52. The topological polar surface area (TPSA) is 116 Å². The van der Waals surface area contributed by atoms with E-state index in [0.717, 1.165) is 5.56 Å². The van der Waals surface area contributed by atoms with E-state index in [2.05, 4.69) is 20.9 Å². The van der Waals surface area contributed by atoms with E-state index < -0.39 is 16.9 Å². The Balaban J connectivity index is 1.45. The van der Waals surface area contributed by atoms with Gasteiger partial charge in [0.25, 0.3) is 5.91 Å². The molecule has 1 aliphatic heterocycles. The molecule has 1 saturated heterocycles. The molecule has 194 valence electrons. The average Bonchev–Trinajstić information content (AvgIpc) is 3.30. The quantitative estimate of drug-likeness (QED) is 0.279. The predicted molar refractivity (Wildman–Crippen MR) is 138 cm³/mol. The fraction of sp³-hybridized carbons (Fsp3) is 0.240. The minimum atomic E-state index is -1.01. The van der Waals surface area contributed by atoms with E-state index in [1.165, 1.54) is 18.2 Å². The second kappa shape index (κ2) is 12.0. The minimum Gasteiger partial charge on any atom is -0.507 e. The molecule has 2 aromatic carbocycles. The summed E-state index contributed by atoms with van der Waals surface area (Å²) in [6.45, 7) is 2.09. The number of phenols is 1. The maximum absolute atomic E-state index is 14.5. The largest absolute Gasteiger partial charge is 0.507 e. The van der Waals surface area contributed by atoms with Gasteiger partial charge in [-0.05, 0) is 30.2 Å². The molecule has 0 saturated carbocycles. The van der Waals surface area contributed by atoms with Gasteiger partial charge in [-0.15, -0.1) is 0 Å². The number of halogens is 3. The highest BCUT2D eigenvalue weighted by Crippen LogP contribution is 2.41. The van der Waals surface area contributed by atoms with E-state index >= 15 is 0 Å². The molecule has 4 rings (SSSR count). The third-order valence-electron chi connectivity index (χ3n) is 5.59. The first-order valence-corrected chi connectivity index (χ1v) is 12.2. The van der Waals surface area contributed by atoms with Crippen LogP contribution in [0.25, 0.3) is 0 Å². The van der Waals surface area contributed by atoms with E-state index in [1.54, 1.807) is 4.90 Å². The number of nitrogens with one attached hydrogen (secondary N) is 3. The van der Waals surface area contributed by atoms with E-state index in [1.807, 2.05) is 30.3 Å². The minimum absolute atomic E-state index is 0.0178. The number of carbonyl (C=O) groups is 2. The van der Waals surface area contributed by atoms with Crippen molar-refractivity contribution < 1.29 is 23.8 Å². The summed E-state index contributed by atoms with van der Waals surface area (Å²) in [5.41, 5.74) is 1.02. The maximum atomic E-state index is 14.5. The fourth-order valence-electron chi connectivity index (χ4n) is 3.67. The molecular weight excluding hydrogens is 524 g/mol. The van der Waals surface area contributed by atoms with Crippen molar-refractivity contribution in [3.63, 3.8) is 0 Å². The van der Waals surface area contributed by atoms with E-state index in [-0.39, 0.29) is 46.2 Å². The molecule has 12 heteroatoms. The number of phenolic OH excluding ortho intramolecular Hbond substituents is 1. The van der Waals surface area contributed by atoms with Crippen LogP contribution >= 0.6 is 23.2 Å². The van der Waals surface area contributed by atoms with Crippen molar-refractivity contribution in [3.8, 4) is 17.2 Å². The molecule has 0 unspecified atom stereocenters. The molecule has 4 N–H and O–H groups in total. The van der Waals surface area contributed by atoms with Gasteiger partial charge in [-0.1, -0.05) is 53.5 Å². The lowest BCUT2D eigenvalue weighted by molar-refractivity contribution is 0.0951. The number of rotatable bonds is 10. The van der Waals surface area contributed by atoms with Crippen LogP contribution in [0.1, 0.15) is 15.9 Å². The van der Waals surface area contributed by atoms with Crippen molar-refractivity contribution in [2.75, 3.05) is 38.0 Å². The molecule has 9 nitrogen and oxygen atoms in total. The van der Waals surface area contributed by atoms with Gasteiger partial charge in [0.1, 0.15) is 21.5 Å². The smallest absolute Gasteiger partial charge is 0.317 e. The summed E-state index contributed by atoms with van der Waals surface area (Å²) < 4.78 is 20.2. The summed E-state index contributed by atoms with van der Waals surface area (Å²) in [6, 6.07) is 13.4. The summed E-state index contributed by atoms with van der Waals surface area (Å²) in [5.74, 6) is -1.91. The Morgan fingerprint density at radius 2 is 1.95 bits per heavy atom. The number of amides is 3. The molecule has 2 heterocycles. The Kier molecular flexibility index (Phi) is 8.52. The van der Waals surface area contributed by atoms with Gasteiger partial charge in [-0.3, -0.25) is 4.79 Å². The Hall–Kier alpha value is -3.76. The summed E-state index contributed by atoms with van der Waals surface area (Å²) >= 11 is 12.5. The van der Waals surface area contributed by atoms with E-state index in [9.17, 15) is 19.1 Å². The lowest BCUT2D eigenvalue weighted by Crippen LogP contribution is -2.32. The molecule has 3 amide bonds. The van der Waals surface area contributed by atoms with Crippen molar-refractivity contribution >= 4 is 41.0 Å². The number of nitrogens with zero attached hydrogens (tertiary/aromatic N) is 2. The molecule has 1 fully saturated rings. The average molecular weight is 548 g/mol. The molecule has 0 spiro atoms. The van der Waals surface area contributed by atoms with E-state index in [4.69, 9.17) is 27.9 Å². The van der Waals surface area contributed by atoms with Gasteiger partial charge < -0.3 is 30.7 Å². The third-order valence-corrected chi connectivity index (χ3v) is 6.27. The zero-order chi connectivity index (χ0) is 26.4. The number of benzene rings is 2. The van der Waals surface area contributed by atoms with Crippen LogP contribution in [0.3, 0.4) is 0 Å². The molecule has 1 aromatic heterocycles. The first-order valence-electron chi connectivity index (χ1n) is 11.5. The first-order chi connectivity index (χ1) is 17.8. The van der Waals surface area contributed by atoms with Crippen molar-refractivity contribution in [1.82, 2.24) is 20.5 Å². The van der Waals surface area contributed by atoms with Crippen molar-refractivity contribution in [1.29, 1.82) is 0 Å². The van der Waals surface area contributed by atoms with E-state index in [0.29, 0.717) is 32.6 Å². The number of aromatic hydroxyl groups is 1. The number of carbonyl (C=O) groups excluding carboxylic acids is 2. The Labute approximate surface area is 222 Å². The molecule has 3 aromatic rings. The van der Waals surface area contributed by atoms with Crippen LogP contribution in [0.2, 0.25) is 10.0 Å². The van der Waals surface area contributed by atoms with Gasteiger partial charge in [0.2, 0.25) is 5.95 Å². The highest BCUT2D eigenvalue weighted by Gasteiger charge is 2.22. The molecule has 0 aliphatic carbocycles. The summed E-state index contributed by atoms with van der Waals surface area (Å²) in [5, 5.41) is 18.0. The van der Waals surface area contributed by atoms with Gasteiger partial charge in [0.05, 0.1) is 5.56 Å². The van der Waals surface area contributed by atoms with Gasteiger partial charge in [-0.2, -0.15) is 9.37 Å². The van der Waals surface area contributed by atoms with Gasteiger partial charge in [0.15, 0.2) is 11.6 Å². The lowest BCUT2D eigenvalue weighted by atomic mass is 10.1. The van der Waals surface area contributed by atoms with Crippen molar-refractivity contribution in [2.45, 2.75) is 6.42 Å². The highest BCUT2D eigenvalue weighted by atomic mass is 35.5. The Morgan fingerprint density at radius 3 is 2.68 bits per heavy atom.